The van der Waals surface area contributed by atoms with Crippen LogP contribution in [0.5, 0.6) is 0 Å². The number of fused-ring (bicyclic) bond motifs is 25. The summed E-state index contributed by atoms with van der Waals surface area (Å²) in [5, 5.41) is 4.53. The fourth-order valence-corrected chi connectivity index (χ4v) is 14.5. The molecule has 0 amide bonds. The van der Waals surface area contributed by atoms with E-state index >= 15 is 0 Å². The summed E-state index contributed by atoms with van der Waals surface area (Å²) in [5.41, 5.74) is 27.3. The monoisotopic (exact) mass is 937 g/mol. The van der Waals surface area contributed by atoms with Crippen LogP contribution < -0.4 is 4.90 Å². The minimum atomic E-state index is -0.510. The molecular formula is C72H43NO. The van der Waals surface area contributed by atoms with E-state index in [0.717, 1.165) is 55.5 Å². The maximum Gasteiger partial charge on any atom is 0.143 e. The van der Waals surface area contributed by atoms with E-state index in [1.165, 1.54) is 94.4 Å². The number of benzene rings is 12. The molecule has 0 saturated heterocycles. The third-order valence-electron chi connectivity index (χ3n) is 17.3. The molecule has 12 aromatic carbocycles. The fourth-order valence-electron chi connectivity index (χ4n) is 14.5. The SMILES string of the molecule is c1ccc(N(c2ccc3c(c2)C2(c4ccccc4-c4ccccc42)c2ccccc2-3)c2cccc3c2-c2ccccc2C32c3ccccc3-c3ccccc32)c(-c2ccc3oc4c5ccccc5ccc4c3c2)c1. The van der Waals surface area contributed by atoms with Crippen LogP contribution >= 0.6 is 0 Å². The molecule has 0 bridgehead atoms. The van der Waals surface area contributed by atoms with Crippen LogP contribution in [0.1, 0.15) is 44.5 Å². The lowest BCUT2D eigenvalue weighted by Crippen LogP contribution is -2.26. The summed E-state index contributed by atoms with van der Waals surface area (Å²) in [5.74, 6) is 0. The Balaban J connectivity index is 0.965. The molecule has 1 heterocycles. The van der Waals surface area contributed by atoms with E-state index in [1.807, 2.05) is 0 Å². The highest BCUT2D eigenvalue weighted by atomic mass is 16.3. The zero-order valence-electron chi connectivity index (χ0n) is 40.2. The van der Waals surface area contributed by atoms with Crippen molar-refractivity contribution in [3.8, 4) is 55.6 Å². The van der Waals surface area contributed by atoms with Crippen LogP contribution in [0.4, 0.5) is 17.1 Å². The van der Waals surface area contributed by atoms with Crippen molar-refractivity contribution in [1.82, 2.24) is 0 Å². The van der Waals surface area contributed by atoms with Gasteiger partial charge in [-0.05, 0) is 137 Å². The van der Waals surface area contributed by atoms with Crippen LogP contribution in [-0.4, -0.2) is 0 Å². The highest BCUT2D eigenvalue weighted by molar-refractivity contribution is 6.16. The molecule has 0 atom stereocenters. The quantitative estimate of drug-likeness (QED) is 0.175. The van der Waals surface area contributed by atoms with Crippen molar-refractivity contribution in [1.29, 1.82) is 0 Å². The van der Waals surface area contributed by atoms with Gasteiger partial charge in [0.15, 0.2) is 0 Å². The van der Waals surface area contributed by atoms with Crippen LogP contribution in [-0.2, 0) is 10.8 Å². The first-order valence-corrected chi connectivity index (χ1v) is 25.8. The van der Waals surface area contributed by atoms with Crippen molar-refractivity contribution in [2.24, 2.45) is 0 Å². The van der Waals surface area contributed by atoms with Crippen LogP contribution in [0.25, 0.3) is 88.3 Å². The summed E-state index contributed by atoms with van der Waals surface area (Å²) >= 11 is 0. The van der Waals surface area contributed by atoms with E-state index in [1.54, 1.807) is 0 Å². The average molecular weight is 938 g/mol. The van der Waals surface area contributed by atoms with Gasteiger partial charge in [0, 0.05) is 33.0 Å². The maximum atomic E-state index is 6.71. The first-order valence-electron chi connectivity index (χ1n) is 25.8. The number of para-hydroxylation sites is 1. The zero-order chi connectivity index (χ0) is 48.3. The summed E-state index contributed by atoms with van der Waals surface area (Å²) in [6.07, 6.45) is 0. The van der Waals surface area contributed by atoms with Crippen LogP contribution in [0.2, 0.25) is 0 Å². The van der Waals surface area contributed by atoms with E-state index in [0.29, 0.717) is 0 Å². The smallest absolute Gasteiger partial charge is 0.143 e. The Morgan fingerprint density at radius 3 is 1.38 bits per heavy atom. The molecule has 2 spiro atoms. The second kappa shape index (κ2) is 14.6. The number of furan rings is 1. The number of rotatable bonds is 4. The Labute approximate surface area is 428 Å². The maximum absolute atomic E-state index is 6.71. The molecule has 0 unspecified atom stereocenters. The Morgan fingerprint density at radius 1 is 0.284 bits per heavy atom. The van der Waals surface area contributed by atoms with E-state index < -0.39 is 10.8 Å². The summed E-state index contributed by atoms with van der Waals surface area (Å²) in [6.45, 7) is 0. The predicted molar refractivity (Wildman–Crippen MR) is 304 cm³/mol. The summed E-state index contributed by atoms with van der Waals surface area (Å²) in [6, 6.07) is 97.9. The Kier molecular flexibility index (Phi) is 7.90. The molecule has 0 radical (unpaired) electrons. The zero-order valence-corrected chi connectivity index (χ0v) is 40.2. The normalized spacial score (nSPS) is 14.2. The van der Waals surface area contributed by atoms with Gasteiger partial charge in [0.2, 0.25) is 0 Å². The molecule has 0 fully saturated rings. The third-order valence-corrected chi connectivity index (χ3v) is 17.3. The van der Waals surface area contributed by atoms with Gasteiger partial charge in [0.05, 0.1) is 22.2 Å². The molecule has 4 aliphatic carbocycles. The molecule has 13 aromatic rings. The van der Waals surface area contributed by atoms with Crippen LogP contribution in [0, 0.1) is 0 Å². The van der Waals surface area contributed by atoms with E-state index in [-0.39, 0.29) is 0 Å². The van der Waals surface area contributed by atoms with E-state index in [9.17, 15) is 0 Å². The van der Waals surface area contributed by atoms with E-state index in [4.69, 9.17) is 4.42 Å². The molecule has 4 aliphatic rings. The van der Waals surface area contributed by atoms with Crippen molar-refractivity contribution in [3.05, 3.63) is 305 Å². The van der Waals surface area contributed by atoms with Gasteiger partial charge in [-0.1, -0.05) is 218 Å². The highest BCUT2D eigenvalue weighted by Crippen LogP contribution is 2.67. The van der Waals surface area contributed by atoms with Crippen molar-refractivity contribution in [3.63, 3.8) is 0 Å². The van der Waals surface area contributed by atoms with Gasteiger partial charge in [-0.25, -0.2) is 0 Å². The van der Waals surface area contributed by atoms with Crippen molar-refractivity contribution >= 4 is 49.8 Å². The minimum absolute atomic E-state index is 0.501. The Bertz CT molecular complexity index is 4480. The van der Waals surface area contributed by atoms with Gasteiger partial charge < -0.3 is 9.32 Å². The fraction of sp³-hybridized carbons (Fsp3) is 0.0278. The van der Waals surface area contributed by atoms with Crippen molar-refractivity contribution in [2.45, 2.75) is 10.8 Å². The average Bonchev–Trinajstić information content (AvgIpc) is 4.39. The molecule has 342 valence electrons. The van der Waals surface area contributed by atoms with Crippen molar-refractivity contribution in [2.75, 3.05) is 4.90 Å². The highest BCUT2D eigenvalue weighted by Gasteiger charge is 2.54. The summed E-state index contributed by atoms with van der Waals surface area (Å²) < 4.78 is 6.71. The lowest BCUT2D eigenvalue weighted by Gasteiger charge is -2.34. The molecule has 17 rings (SSSR count). The molecular weight excluding hydrogens is 895 g/mol. The van der Waals surface area contributed by atoms with Gasteiger partial charge in [-0.15, -0.1) is 0 Å². The number of anilines is 3. The van der Waals surface area contributed by atoms with Gasteiger partial charge in [0.25, 0.3) is 0 Å². The first-order chi connectivity index (χ1) is 36.7. The molecule has 0 saturated carbocycles. The Morgan fingerprint density at radius 2 is 0.757 bits per heavy atom. The van der Waals surface area contributed by atoms with Crippen LogP contribution in [0.3, 0.4) is 0 Å². The Hall–Kier alpha value is -9.50. The molecule has 1 aromatic heterocycles. The molecule has 0 N–H and O–H groups in total. The van der Waals surface area contributed by atoms with E-state index in [2.05, 4.69) is 266 Å². The van der Waals surface area contributed by atoms with Crippen LogP contribution in [0.15, 0.2) is 265 Å². The second-order valence-corrected chi connectivity index (χ2v) is 20.5. The summed E-state index contributed by atoms with van der Waals surface area (Å²) in [7, 11) is 0. The number of hydrogen-bond acceptors (Lipinski definition) is 2. The molecule has 74 heavy (non-hydrogen) atoms. The number of hydrogen-bond donors (Lipinski definition) is 0. The lowest BCUT2D eigenvalue weighted by molar-refractivity contribution is 0.672. The standard InChI is InChI=1S/C72H43NO/c1-2-20-48-44(18-1)36-39-55-57-42-45(37-41-68(57)74-70(48)55)47-19-9-16-34-66(47)73(46-38-40-54-53-25-7-14-31-62(53)72(65(54)43-46)60-29-12-5-23-51(60)52-24-6-13-30-61(52)72)67-35-17-33-64-69(67)56-26-8-15-32-63(56)71(64)58-27-10-3-21-49(58)50-22-4-11-28-59(50)71/h1-43H. The number of nitrogens with zero attached hydrogens (tertiary/aromatic N) is 1. The third kappa shape index (κ3) is 4.91. The lowest BCUT2D eigenvalue weighted by atomic mass is 9.70. The predicted octanol–water partition coefficient (Wildman–Crippen LogP) is 18.6. The summed E-state index contributed by atoms with van der Waals surface area (Å²) in [4.78, 5) is 2.59. The second-order valence-electron chi connectivity index (χ2n) is 20.5. The van der Waals surface area contributed by atoms with Gasteiger partial charge in [-0.2, -0.15) is 0 Å². The first kappa shape index (κ1) is 40.1. The van der Waals surface area contributed by atoms with Gasteiger partial charge >= 0.3 is 0 Å². The largest absolute Gasteiger partial charge is 0.455 e. The topological polar surface area (TPSA) is 16.4 Å². The molecule has 2 heteroatoms. The van der Waals surface area contributed by atoms with Gasteiger partial charge in [0.1, 0.15) is 11.2 Å². The minimum Gasteiger partial charge on any atom is -0.455 e. The van der Waals surface area contributed by atoms with Gasteiger partial charge in [-0.3, -0.25) is 0 Å². The molecule has 2 nitrogen and oxygen atoms in total. The van der Waals surface area contributed by atoms with Crippen molar-refractivity contribution < 1.29 is 4.42 Å². The molecule has 0 aliphatic heterocycles.